The number of rotatable bonds is 4. The zero-order valence-electron chi connectivity index (χ0n) is 11.2. The van der Waals surface area contributed by atoms with Gasteiger partial charge in [0, 0.05) is 19.1 Å². The van der Waals surface area contributed by atoms with E-state index in [0.29, 0.717) is 24.5 Å². The van der Waals surface area contributed by atoms with Crippen LogP contribution in [0.2, 0.25) is 0 Å². The predicted octanol–water partition coefficient (Wildman–Crippen LogP) is 1.80. The first-order valence-corrected chi connectivity index (χ1v) is 7.03. The highest BCUT2D eigenvalue weighted by Crippen LogP contribution is 2.39. The molecule has 2 unspecified atom stereocenters. The van der Waals surface area contributed by atoms with E-state index in [2.05, 4.69) is 34.3 Å². The van der Waals surface area contributed by atoms with Crippen LogP contribution in [0, 0.1) is 11.8 Å². The molecule has 2 fully saturated rings. The molecule has 0 aromatic carbocycles. The summed E-state index contributed by atoms with van der Waals surface area (Å²) in [6, 6.07) is 1.15. The molecule has 0 amide bonds. The SMILES string of the molecule is CC(C)NCc1nnc(N2CC3CCCC3C2)o1. The van der Waals surface area contributed by atoms with Crippen LogP contribution in [-0.4, -0.2) is 29.3 Å². The molecule has 2 atom stereocenters. The summed E-state index contributed by atoms with van der Waals surface area (Å²) in [5, 5.41) is 11.6. The Morgan fingerprint density at radius 2 is 2.00 bits per heavy atom. The number of aromatic nitrogens is 2. The van der Waals surface area contributed by atoms with Crippen molar-refractivity contribution in [1.82, 2.24) is 15.5 Å². The minimum absolute atomic E-state index is 0.437. The summed E-state index contributed by atoms with van der Waals surface area (Å²) in [5.41, 5.74) is 0. The summed E-state index contributed by atoms with van der Waals surface area (Å²) in [6.45, 7) is 7.08. The lowest BCUT2D eigenvalue weighted by Crippen LogP contribution is -2.22. The normalized spacial score (nSPS) is 27.2. The molecule has 0 radical (unpaired) electrons. The molecule has 1 aromatic heterocycles. The van der Waals surface area contributed by atoms with E-state index in [9.17, 15) is 0 Å². The van der Waals surface area contributed by atoms with Gasteiger partial charge in [0.25, 0.3) is 0 Å². The molecule has 2 heterocycles. The van der Waals surface area contributed by atoms with Crippen molar-refractivity contribution in [2.24, 2.45) is 11.8 Å². The topological polar surface area (TPSA) is 54.2 Å². The summed E-state index contributed by atoms with van der Waals surface area (Å²) in [7, 11) is 0. The van der Waals surface area contributed by atoms with Crippen LogP contribution in [0.4, 0.5) is 6.01 Å². The van der Waals surface area contributed by atoms with Gasteiger partial charge in [0.1, 0.15) is 0 Å². The van der Waals surface area contributed by atoms with Crippen molar-refractivity contribution >= 4 is 6.01 Å². The average Bonchev–Trinajstić information content (AvgIpc) is 3.00. The molecule has 5 nitrogen and oxygen atoms in total. The molecule has 3 rings (SSSR count). The highest BCUT2D eigenvalue weighted by molar-refractivity contribution is 5.27. The van der Waals surface area contributed by atoms with E-state index < -0.39 is 0 Å². The maximum absolute atomic E-state index is 5.72. The fraction of sp³-hybridized carbons (Fsp3) is 0.846. The molecule has 1 saturated heterocycles. The largest absolute Gasteiger partial charge is 0.407 e. The maximum Gasteiger partial charge on any atom is 0.318 e. The first-order chi connectivity index (χ1) is 8.72. The molecule has 1 aliphatic carbocycles. The van der Waals surface area contributed by atoms with Crippen LogP contribution in [0.25, 0.3) is 0 Å². The van der Waals surface area contributed by atoms with Crippen LogP contribution in [0.5, 0.6) is 0 Å². The van der Waals surface area contributed by atoms with Crippen molar-refractivity contribution in [3.8, 4) is 0 Å². The molecule has 100 valence electrons. The van der Waals surface area contributed by atoms with Crippen molar-refractivity contribution in [2.75, 3.05) is 18.0 Å². The first kappa shape index (κ1) is 12.0. The molecular weight excluding hydrogens is 228 g/mol. The lowest BCUT2D eigenvalue weighted by molar-refractivity contribution is 0.448. The second kappa shape index (κ2) is 4.88. The van der Waals surface area contributed by atoms with E-state index in [4.69, 9.17) is 4.42 Å². The number of hydrogen-bond acceptors (Lipinski definition) is 5. The van der Waals surface area contributed by atoms with Gasteiger partial charge in [-0.05, 0) is 24.7 Å². The highest BCUT2D eigenvalue weighted by Gasteiger charge is 2.37. The Kier molecular flexibility index (Phi) is 3.24. The van der Waals surface area contributed by atoms with Crippen molar-refractivity contribution < 1.29 is 4.42 Å². The zero-order chi connectivity index (χ0) is 12.5. The third-order valence-corrected chi connectivity index (χ3v) is 4.11. The van der Waals surface area contributed by atoms with E-state index in [-0.39, 0.29) is 0 Å². The molecule has 1 N–H and O–H groups in total. The second-order valence-electron chi connectivity index (χ2n) is 5.87. The van der Waals surface area contributed by atoms with Gasteiger partial charge in [-0.3, -0.25) is 0 Å². The summed E-state index contributed by atoms with van der Waals surface area (Å²) in [4.78, 5) is 2.26. The maximum atomic E-state index is 5.72. The van der Waals surface area contributed by atoms with E-state index in [1.165, 1.54) is 19.3 Å². The molecule has 1 saturated carbocycles. The van der Waals surface area contributed by atoms with Crippen molar-refractivity contribution in [3.63, 3.8) is 0 Å². The smallest absolute Gasteiger partial charge is 0.318 e. The highest BCUT2D eigenvalue weighted by atomic mass is 16.4. The fourth-order valence-corrected chi connectivity index (χ4v) is 3.13. The minimum Gasteiger partial charge on any atom is -0.407 e. The lowest BCUT2D eigenvalue weighted by Gasteiger charge is -2.13. The van der Waals surface area contributed by atoms with Gasteiger partial charge < -0.3 is 14.6 Å². The van der Waals surface area contributed by atoms with E-state index in [1.807, 2.05) is 0 Å². The quantitative estimate of drug-likeness (QED) is 0.883. The third kappa shape index (κ3) is 2.36. The van der Waals surface area contributed by atoms with Crippen LogP contribution in [-0.2, 0) is 6.54 Å². The van der Waals surface area contributed by atoms with Gasteiger partial charge >= 0.3 is 6.01 Å². The van der Waals surface area contributed by atoms with Crippen molar-refractivity contribution in [2.45, 2.75) is 45.7 Å². The van der Waals surface area contributed by atoms with Gasteiger partial charge in [-0.15, -0.1) is 5.10 Å². The van der Waals surface area contributed by atoms with Crippen LogP contribution in [0.3, 0.4) is 0 Å². The Balaban J connectivity index is 1.60. The number of nitrogens with zero attached hydrogens (tertiary/aromatic N) is 3. The molecule has 2 aliphatic rings. The summed E-state index contributed by atoms with van der Waals surface area (Å²) in [6.07, 6.45) is 4.14. The van der Waals surface area contributed by atoms with Crippen molar-refractivity contribution in [3.05, 3.63) is 5.89 Å². The summed E-state index contributed by atoms with van der Waals surface area (Å²) >= 11 is 0. The summed E-state index contributed by atoms with van der Waals surface area (Å²) in [5.74, 6) is 2.40. The Bertz CT molecular complexity index is 391. The van der Waals surface area contributed by atoms with Gasteiger partial charge in [-0.2, -0.15) is 0 Å². The van der Waals surface area contributed by atoms with Crippen LogP contribution < -0.4 is 10.2 Å². The monoisotopic (exact) mass is 250 g/mol. The molecule has 1 aliphatic heterocycles. The average molecular weight is 250 g/mol. The van der Waals surface area contributed by atoms with Crippen LogP contribution >= 0.6 is 0 Å². The predicted molar refractivity (Wildman–Crippen MR) is 69.3 cm³/mol. The number of fused-ring (bicyclic) bond motifs is 1. The zero-order valence-corrected chi connectivity index (χ0v) is 11.2. The molecule has 18 heavy (non-hydrogen) atoms. The lowest BCUT2D eigenvalue weighted by atomic mass is 10.0. The Morgan fingerprint density at radius 3 is 2.67 bits per heavy atom. The minimum atomic E-state index is 0.437. The number of nitrogens with one attached hydrogen (secondary N) is 1. The molecule has 0 spiro atoms. The van der Waals surface area contributed by atoms with Crippen LogP contribution in [0.15, 0.2) is 4.42 Å². The van der Waals surface area contributed by atoms with E-state index in [0.717, 1.165) is 24.9 Å². The standard InChI is InChI=1S/C13H22N4O/c1-9(2)14-6-12-15-16-13(18-12)17-7-10-4-3-5-11(10)8-17/h9-11,14H,3-8H2,1-2H3. The molecule has 0 bridgehead atoms. The van der Waals surface area contributed by atoms with E-state index >= 15 is 0 Å². The summed E-state index contributed by atoms with van der Waals surface area (Å²) < 4.78 is 5.72. The molecule has 1 aromatic rings. The molecular formula is C13H22N4O. The van der Waals surface area contributed by atoms with Gasteiger partial charge in [0.2, 0.25) is 5.89 Å². The Hall–Kier alpha value is -1.10. The molecule has 5 heteroatoms. The van der Waals surface area contributed by atoms with Crippen molar-refractivity contribution in [1.29, 1.82) is 0 Å². The fourth-order valence-electron chi connectivity index (χ4n) is 3.13. The first-order valence-electron chi connectivity index (χ1n) is 7.03. The van der Waals surface area contributed by atoms with E-state index in [1.54, 1.807) is 0 Å². The van der Waals surface area contributed by atoms with Gasteiger partial charge in [0.15, 0.2) is 0 Å². The number of hydrogen-bond donors (Lipinski definition) is 1. The van der Waals surface area contributed by atoms with Gasteiger partial charge in [0.05, 0.1) is 6.54 Å². The second-order valence-corrected chi connectivity index (χ2v) is 5.87. The number of anilines is 1. The van der Waals surface area contributed by atoms with Gasteiger partial charge in [-0.1, -0.05) is 25.4 Å². The Labute approximate surface area is 108 Å². The third-order valence-electron chi connectivity index (χ3n) is 4.11. The Morgan fingerprint density at radius 1 is 1.28 bits per heavy atom. The van der Waals surface area contributed by atoms with Crippen LogP contribution in [0.1, 0.15) is 39.0 Å². The van der Waals surface area contributed by atoms with Gasteiger partial charge in [-0.25, -0.2) is 0 Å².